The van der Waals surface area contributed by atoms with Crippen molar-refractivity contribution in [2.75, 3.05) is 17.7 Å². The lowest BCUT2D eigenvalue weighted by atomic mass is 10.2. The molecule has 0 amide bonds. The summed E-state index contributed by atoms with van der Waals surface area (Å²) in [5.41, 5.74) is 3.26. The van der Waals surface area contributed by atoms with Crippen molar-refractivity contribution in [2.24, 2.45) is 0 Å². The van der Waals surface area contributed by atoms with Gasteiger partial charge in [0.1, 0.15) is 17.4 Å². The van der Waals surface area contributed by atoms with Crippen LogP contribution in [0.3, 0.4) is 0 Å². The van der Waals surface area contributed by atoms with Crippen LogP contribution in [0.25, 0.3) is 0 Å². The van der Waals surface area contributed by atoms with Gasteiger partial charge < -0.3 is 15.4 Å². The normalized spacial score (nSPS) is 10.5. The van der Waals surface area contributed by atoms with Crippen molar-refractivity contribution in [1.29, 1.82) is 0 Å². The van der Waals surface area contributed by atoms with Gasteiger partial charge in [0, 0.05) is 23.9 Å². The fraction of sp³-hybridized carbons (Fsp3) is 0.200. The molecule has 5 nitrogen and oxygen atoms in total. The second kappa shape index (κ2) is 7.82. The molecule has 3 rings (SSSR count). The van der Waals surface area contributed by atoms with E-state index in [4.69, 9.17) is 4.74 Å². The van der Waals surface area contributed by atoms with Gasteiger partial charge in [0.15, 0.2) is 0 Å². The van der Waals surface area contributed by atoms with Gasteiger partial charge in [-0.05, 0) is 37.6 Å². The summed E-state index contributed by atoms with van der Waals surface area (Å²) in [5, 5.41) is 6.34. The molecule has 2 aromatic carbocycles. The van der Waals surface area contributed by atoms with Gasteiger partial charge >= 0.3 is 0 Å². The van der Waals surface area contributed by atoms with Crippen molar-refractivity contribution >= 4 is 17.5 Å². The minimum atomic E-state index is -0.242. The Morgan fingerprint density at radius 3 is 2.62 bits per heavy atom. The number of halogens is 1. The molecule has 3 aromatic rings. The maximum Gasteiger partial charge on any atom is 0.229 e. The smallest absolute Gasteiger partial charge is 0.229 e. The van der Waals surface area contributed by atoms with E-state index in [1.807, 2.05) is 44.2 Å². The number of benzene rings is 2. The fourth-order valence-corrected chi connectivity index (χ4v) is 2.58. The molecular formula is C20H21FN4O. The number of hydrogen-bond donors (Lipinski definition) is 2. The second-order valence-electron chi connectivity index (χ2n) is 5.99. The molecule has 0 fully saturated rings. The van der Waals surface area contributed by atoms with Gasteiger partial charge in [0.05, 0.1) is 12.8 Å². The van der Waals surface area contributed by atoms with Crippen LogP contribution in [0, 0.1) is 19.7 Å². The lowest BCUT2D eigenvalue weighted by Crippen LogP contribution is -2.07. The second-order valence-corrected chi connectivity index (χ2v) is 5.99. The highest BCUT2D eigenvalue weighted by Gasteiger charge is 2.08. The standard InChI is InChI=1S/C20H21FN4O/c1-13-8-9-18(26-3)17(10-13)24-20-23-14(2)11-19(25-20)22-12-15-6-4-5-7-16(15)21/h4-11H,12H2,1-3H3,(H2,22,23,24,25). The molecule has 0 unspecified atom stereocenters. The van der Waals surface area contributed by atoms with Crippen LogP contribution < -0.4 is 15.4 Å². The van der Waals surface area contributed by atoms with Crippen LogP contribution in [0.1, 0.15) is 16.8 Å². The van der Waals surface area contributed by atoms with E-state index in [0.717, 1.165) is 16.9 Å². The van der Waals surface area contributed by atoms with Crippen molar-refractivity contribution in [3.05, 3.63) is 71.2 Å². The maximum atomic E-state index is 13.8. The van der Waals surface area contributed by atoms with Gasteiger partial charge in [0.2, 0.25) is 5.95 Å². The van der Waals surface area contributed by atoms with Crippen LogP contribution in [0.5, 0.6) is 5.75 Å². The number of methoxy groups -OCH3 is 1. The topological polar surface area (TPSA) is 59.1 Å². The minimum Gasteiger partial charge on any atom is -0.495 e. The van der Waals surface area contributed by atoms with Crippen molar-refractivity contribution in [3.63, 3.8) is 0 Å². The lowest BCUT2D eigenvalue weighted by Gasteiger charge is -2.13. The lowest BCUT2D eigenvalue weighted by molar-refractivity contribution is 0.416. The van der Waals surface area contributed by atoms with Crippen LogP contribution >= 0.6 is 0 Å². The largest absolute Gasteiger partial charge is 0.495 e. The molecule has 0 saturated carbocycles. The number of ether oxygens (including phenoxy) is 1. The highest BCUT2D eigenvalue weighted by atomic mass is 19.1. The zero-order valence-corrected chi connectivity index (χ0v) is 15.0. The maximum absolute atomic E-state index is 13.8. The van der Waals surface area contributed by atoms with Crippen LogP contribution in [0.15, 0.2) is 48.5 Å². The molecular weight excluding hydrogens is 331 g/mol. The Labute approximate surface area is 152 Å². The minimum absolute atomic E-state index is 0.242. The quantitative estimate of drug-likeness (QED) is 0.679. The summed E-state index contributed by atoms with van der Waals surface area (Å²) in [6, 6.07) is 14.3. The molecule has 0 spiro atoms. The third-order valence-corrected chi connectivity index (χ3v) is 3.87. The summed E-state index contributed by atoms with van der Waals surface area (Å²) in [7, 11) is 1.62. The first-order valence-corrected chi connectivity index (χ1v) is 8.30. The molecule has 0 aliphatic carbocycles. The number of aromatic nitrogens is 2. The molecule has 0 aliphatic rings. The molecule has 0 atom stereocenters. The summed E-state index contributed by atoms with van der Waals surface area (Å²) in [4.78, 5) is 8.88. The molecule has 6 heteroatoms. The summed E-state index contributed by atoms with van der Waals surface area (Å²) >= 11 is 0. The van der Waals surface area contributed by atoms with E-state index in [-0.39, 0.29) is 5.82 Å². The number of rotatable bonds is 6. The molecule has 2 N–H and O–H groups in total. The zero-order chi connectivity index (χ0) is 18.5. The molecule has 1 aromatic heterocycles. The molecule has 0 saturated heterocycles. The van der Waals surface area contributed by atoms with E-state index in [9.17, 15) is 4.39 Å². The molecule has 0 bridgehead atoms. The van der Waals surface area contributed by atoms with E-state index >= 15 is 0 Å². The summed E-state index contributed by atoms with van der Waals surface area (Å²) in [6.07, 6.45) is 0. The van der Waals surface area contributed by atoms with Crippen molar-refractivity contribution < 1.29 is 9.13 Å². The van der Waals surface area contributed by atoms with E-state index in [0.29, 0.717) is 29.6 Å². The molecule has 134 valence electrons. The van der Waals surface area contributed by atoms with E-state index in [1.165, 1.54) is 6.07 Å². The molecule has 0 radical (unpaired) electrons. The highest BCUT2D eigenvalue weighted by Crippen LogP contribution is 2.28. The number of nitrogens with zero attached hydrogens (tertiary/aromatic N) is 2. The van der Waals surface area contributed by atoms with Crippen LogP contribution in [0.2, 0.25) is 0 Å². The van der Waals surface area contributed by atoms with Gasteiger partial charge in [0.25, 0.3) is 0 Å². The summed E-state index contributed by atoms with van der Waals surface area (Å²) < 4.78 is 19.1. The average molecular weight is 352 g/mol. The highest BCUT2D eigenvalue weighted by molar-refractivity contribution is 5.64. The number of nitrogens with one attached hydrogen (secondary N) is 2. The molecule has 0 aliphatic heterocycles. The van der Waals surface area contributed by atoms with Gasteiger partial charge in [-0.15, -0.1) is 0 Å². The fourth-order valence-electron chi connectivity index (χ4n) is 2.58. The number of anilines is 3. The van der Waals surface area contributed by atoms with E-state index < -0.39 is 0 Å². The Hall–Kier alpha value is -3.15. The van der Waals surface area contributed by atoms with Gasteiger partial charge in [-0.2, -0.15) is 4.98 Å². The van der Waals surface area contributed by atoms with Crippen molar-refractivity contribution in [2.45, 2.75) is 20.4 Å². The predicted molar refractivity (Wildman–Crippen MR) is 102 cm³/mol. The Morgan fingerprint density at radius 2 is 1.85 bits per heavy atom. The Morgan fingerprint density at radius 1 is 1.04 bits per heavy atom. The SMILES string of the molecule is COc1ccc(C)cc1Nc1nc(C)cc(NCc2ccccc2F)n1. The number of hydrogen-bond acceptors (Lipinski definition) is 5. The van der Waals surface area contributed by atoms with Crippen molar-refractivity contribution in [3.8, 4) is 5.75 Å². The first-order chi connectivity index (χ1) is 12.5. The van der Waals surface area contributed by atoms with E-state index in [2.05, 4.69) is 20.6 Å². The average Bonchev–Trinajstić information content (AvgIpc) is 2.61. The zero-order valence-electron chi connectivity index (χ0n) is 15.0. The van der Waals surface area contributed by atoms with Crippen LogP contribution in [-0.2, 0) is 6.54 Å². The van der Waals surface area contributed by atoms with Crippen molar-refractivity contribution in [1.82, 2.24) is 9.97 Å². The van der Waals surface area contributed by atoms with Gasteiger partial charge in [-0.3, -0.25) is 0 Å². The summed E-state index contributed by atoms with van der Waals surface area (Å²) in [6.45, 7) is 4.23. The van der Waals surface area contributed by atoms with Gasteiger partial charge in [-0.25, -0.2) is 9.37 Å². The Kier molecular flexibility index (Phi) is 5.31. The van der Waals surface area contributed by atoms with Gasteiger partial charge in [-0.1, -0.05) is 24.3 Å². The monoisotopic (exact) mass is 352 g/mol. The Balaban J connectivity index is 1.80. The first-order valence-electron chi connectivity index (χ1n) is 8.30. The van der Waals surface area contributed by atoms with Crippen LogP contribution in [0.4, 0.5) is 21.8 Å². The molecule has 26 heavy (non-hydrogen) atoms. The molecule has 1 heterocycles. The third kappa shape index (κ3) is 4.27. The van der Waals surface area contributed by atoms with E-state index in [1.54, 1.807) is 19.2 Å². The first kappa shape index (κ1) is 17.7. The Bertz CT molecular complexity index is 914. The summed E-state index contributed by atoms with van der Waals surface area (Å²) in [5.74, 6) is 1.54. The third-order valence-electron chi connectivity index (χ3n) is 3.87. The van der Waals surface area contributed by atoms with Crippen LogP contribution in [-0.4, -0.2) is 17.1 Å². The number of aryl methyl sites for hydroxylation is 2. The predicted octanol–water partition coefficient (Wildman–Crippen LogP) is 4.60.